The van der Waals surface area contributed by atoms with Crippen molar-refractivity contribution in [2.24, 2.45) is 0 Å². The summed E-state index contributed by atoms with van der Waals surface area (Å²) in [5.74, 6) is 0. The molecule has 42 heavy (non-hydrogen) atoms. The SMILES string of the molecule is CN(c1nc([C@H]2CCCN2C(=O)OC(C)(C)C)cs1)S(C)(=O)=O.CNc1nc([C@H]2CCCN2C(=O)OC(C)(C)C)cs1. The van der Waals surface area contributed by atoms with Gasteiger partial charge in [0.1, 0.15) is 11.2 Å². The predicted molar refractivity (Wildman–Crippen MR) is 167 cm³/mol. The van der Waals surface area contributed by atoms with E-state index in [1.807, 2.05) is 59.4 Å². The number of likely N-dealkylation sites (tertiary alicyclic amines) is 2. The highest BCUT2D eigenvalue weighted by atomic mass is 32.2. The molecular formula is C27H44N6O6S3. The van der Waals surface area contributed by atoms with E-state index in [4.69, 9.17) is 9.47 Å². The molecule has 0 aliphatic carbocycles. The largest absolute Gasteiger partial charge is 0.444 e. The third-order valence-electron chi connectivity index (χ3n) is 6.46. The van der Waals surface area contributed by atoms with Gasteiger partial charge < -0.3 is 14.8 Å². The summed E-state index contributed by atoms with van der Waals surface area (Å²) in [4.78, 5) is 36.9. The first-order valence-electron chi connectivity index (χ1n) is 13.9. The average molecular weight is 645 g/mol. The number of rotatable bonds is 5. The fraction of sp³-hybridized carbons (Fsp3) is 0.704. The standard InChI is InChI=1S/C14H23N3O4S2.C13H21N3O2S/c1-14(2,3)21-13(18)17-8-6-7-11(17)10-9-22-12(15-10)16(4)23(5,19)20;1-13(2,3)18-12(17)16-7-5-6-10(16)9-8-19-11(14-4)15-9/h9,11H,6-8H2,1-5H3;8,10H,5-7H2,1-4H3,(H,14,15)/t11-;10-/m11/s1. The predicted octanol–water partition coefficient (Wildman–Crippen LogP) is 5.87. The van der Waals surface area contributed by atoms with Gasteiger partial charge in [0, 0.05) is 37.9 Å². The number of hydrogen-bond donors (Lipinski definition) is 1. The second-order valence-electron chi connectivity index (χ2n) is 12.3. The van der Waals surface area contributed by atoms with Crippen LogP contribution >= 0.6 is 22.7 Å². The molecule has 2 atom stereocenters. The van der Waals surface area contributed by atoms with Crippen LogP contribution in [0.25, 0.3) is 0 Å². The summed E-state index contributed by atoms with van der Waals surface area (Å²) < 4.78 is 35.2. The molecule has 0 aromatic carbocycles. The molecule has 236 valence electrons. The van der Waals surface area contributed by atoms with E-state index in [0.717, 1.165) is 53.6 Å². The van der Waals surface area contributed by atoms with E-state index in [1.54, 1.807) is 21.1 Å². The third-order valence-corrected chi connectivity index (χ3v) is 9.55. The van der Waals surface area contributed by atoms with Crippen LogP contribution in [0.1, 0.15) is 90.7 Å². The second-order valence-corrected chi connectivity index (χ2v) is 16.0. The fourth-order valence-corrected chi connectivity index (χ4v) is 6.82. The minimum Gasteiger partial charge on any atom is -0.444 e. The molecule has 0 radical (unpaired) electrons. The van der Waals surface area contributed by atoms with Crippen molar-refractivity contribution in [3.05, 3.63) is 22.1 Å². The topological polar surface area (TPSA) is 134 Å². The van der Waals surface area contributed by atoms with E-state index < -0.39 is 21.2 Å². The Labute approximate surface area is 257 Å². The highest BCUT2D eigenvalue weighted by Gasteiger charge is 2.36. The summed E-state index contributed by atoms with van der Waals surface area (Å²) in [6, 6.07) is -0.115. The van der Waals surface area contributed by atoms with Crippen molar-refractivity contribution in [3.8, 4) is 0 Å². The zero-order valence-corrected chi connectivity index (χ0v) is 28.4. The van der Waals surface area contributed by atoms with Gasteiger partial charge in [-0.1, -0.05) is 0 Å². The van der Waals surface area contributed by atoms with Crippen LogP contribution in [0.4, 0.5) is 19.9 Å². The maximum Gasteiger partial charge on any atom is 0.410 e. The van der Waals surface area contributed by atoms with Crippen LogP contribution in [0.15, 0.2) is 10.8 Å². The van der Waals surface area contributed by atoms with Crippen molar-refractivity contribution in [1.82, 2.24) is 19.8 Å². The lowest BCUT2D eigenvalue weighted by atomic mass is 10.2. The van der Waals surface area contributed by atoms with Crippen molar-refractivity contribution in [2.45, 2.75) is 90.5 Å². The van der Waals surface area contributed by atoms with Gasteiger partial charge in [0.25, 0.3) is 0 Å². The summed E-state index contributed by atoms with van der Waals surface area (Å²) in [5, 5.41) is 8.13. The normalized spacial score (nSPS) is 19.3. The Bertz CT molecular complexity index is 1330. The third kappa shape index (κ3) is 9.17. The van der Waals surface area contributed by atoms with Gasteiger partial charge in [-0.3, -0.25) is 9.80 Å². The Hall–Kier alpha value is -2.65. The van der Waals surface area contributed by atoms with Gasteiger partial charge in [0.15, 0.2) is 10.3 Å². The molecule has 2 fully saturated rings. The summed E-state index contributed by atoms with van der Waals surface area (Å²) in [7, 11) is -0.0234. The second kappa shape index (κ2) is 13.3. The quantitative estimate of drug-likeness (QED) is 0.424. The Kier molecular flexibility index (Phi) is 10.7. The lowest BCUT2D eigenvalue weighted by Crippen LogP contribution is -2.36. The lowest BCUT2D eigenvalue weighted by molar-refractivity contribution is 0.0211. The van der Waals surface area contributed by atoms with Gasteiger partial charge in [0.05, 0.1) is 29.7 Å². The maximum absolute atomic E-state index is 12.3. The van der Waals surface area contributed by atoms with Crippen LogP contribution in [0.2, 0.25) is 0 Å². The van der Waals surface area contributed by atoms with Crippen LogP contribution in [-0.4, -0.2) is 85.0 Å². The first-order valence-corrected chi connectivity index (χ1v) is 17.5. The number of anilines is 2. The van der Waals surface area contributed by atoms with Gasteiger partial charge in [-0.2, -0.15) is 0 Å². The number of aromatic nitrogens is 2. The molecule has 12 nitrogen and oxygen atoms in total. The van der Waals surface area contributed by atoms with Crippen LogP contribution in [0, 0.1) is 0 Å². The Morgan fingerprint density at radius 1 is 0.905 bits per heavy atom. The van der Waals surface area contributed by atoms with Crippen molar-refractivity contribution in [3.63, 3.8) is 0 Å². The smallest absolute Gasteiger partial charge is 0.410 e. The van der Waals surface area contributed by atoms with Crippen LogP contribution in [-0.2, 0) is 19.5 Å². The highest BCUT2D eigenvalue weighted by Crippen LogP contribution is 2.36. The summed E-state index contributed by atoms with van der Waals surface area (Å²) in [6.45, 7) is 12.5. The number of nitrogens with zero attached hydrogens (tertiary/aromatic N) is 5. The van der Waals surface area contributed by atoms with E-state index in [9.17, 15) is 18.0 Å². The molecule has 1 N–H and O–H groups in total. The van der Waals surface area contributed by atoms with E-state index in [-0.39, 0.29) is 24.3 Å². The molecule has 2 aromatic rings. The Morgan fingerprint density at radius 3 is 1.76 bits per heavy atom. The van der Waals surface area contributed by atoms with Crippen molar-refractivity contribution >= 4 is 55.1 Å². The first-order chi connectivity index (χ1) is 19.4. The van der Waals surface area contributed by atoms with E-state index >= 15 is 0 Å². The lowest BCUT2D eigenvalue weighted by Gasteiger charge is -2.27. The monoisotopic (exact) mass is 644 g/mol. The molecule has 0 spiro atoms. The zero-order valence-electron chi connectivity index (χ0n) is 26.0. The van der Waals surface area contributed by atoms with E-state index in [2.05, 4.69) is 15.3 Å². The molecule has 0 saturated carbocycles. The van der Waals surface area contributed by atoms with Gasteiger partial charge in [-0.05, 0) is 67.2 Å². The number of carbonyl (C=O) groups excluding carboxylic acids is 2. The molecule has 2 aliphatic rings. The number of nitrogens with one attached hydrogen (secondary N) is 1. The van der Waals surface area contributed by atoms with Gasteiger partial charge in [-0.15, -0.1) is 22.7 Å². The van der Waals surface area contributed by atoms with Crippen LogP contribution in [0.5, 0.6) is 0 Å². The highest BCUT2D eigenvalue weighted by molar-refractivity contribution is 7.92. The van der Waals surface area contributed by atoms with Crippen LogP contribution in [0.3, 0.4) is 0 Å². The number of carbonyl (C=O) groups is 2. The number of thiazole rings is 2. The first kappa shape index (κ1) is 33.8. The number of amides is 2. The van der Waals surface area contributed by atoms with Gasteiger partial charge >= 0.3 is 12.2 Å². The van der Waals surface area contributed by atoms with E-state index in [0.29, 0.717) is 17.4 Å². The minimum atomic E-state index is -3.34. The molecule has 2 saturated heterocycles. The molecule has 2 aliphatic heterocycles. The molecule has 0 bridgehead atoms. The number of ether oxygens (including phenoxy) is 2. The summed E-state index contributed by atoms with van der Waals surface area (Å²) in [6.07, 6.45) is 4.16. The Morgan fingerprint density at radius 2 is 1.36 bits per heavy atom. The van der Waals surface area contributed by atoms with Crippen molar-refractivity contribution in [1.29, 1.82) is 0 Å². The Balaban J connectivity index is 0.000000235. The van der Waals surface area contributed by atoms with Gasteiger partial charge in [-0.25, -0.2) is 32.3 Å². The number of hydrogen-bond acceptors (Lipinski definition) is 11. The molecule has 2 aromatic heterocycles. The fourth-order valence-electron chi connectivity index (χ4n) is 4.50. The summed E-state index contributed by atoms with van der Waals surface area (Å²) >= 11 is 2.82. The summed E-state index contributed by atoms with van der Waals surface area (Å²) in [5.41, 5.74) is 0.665. The zero-order chi connectivity index (χ0) is 31.5. The minimum absolute atomic E-state index is 0.0493. The van der Waals surface area contributed by atoms with Crippen LogP contribution < -0.4 is 9.62 Å². The molecule has 15 heteroatoms. The molecule has 4 rings (SSSR count). The molecule has 0 unspecified atom stereocenters. The number of sulfonamides is 1. The van der Waals surface area contributed by atoms with E-state index in [1.165, 1.54) is 18.4 Å². The molecule has 2 amide bonds. The van der Waals surface area contributed by atoms with Crippen molar-refractivity contribution < 1.29 is 27.5 Å². The van der Waals surface area contributed by atoms with Gasteiger partial charge in [0.2, 0.25) is 10.0 Å². The molecular weight excluding hydrogens is 601 g/mol. The maximum atomic E-state index is 12.3. The van der Waals surface area contributed by atoms with Crippen molar-refractivity contribution in [2.75, 3.05) is 43.1 Å². The average Bonchev–Trinajstić information content (AvgIpc) is 3.65. The molecule has 4 heterocycles.